The summed E-state index contributed by atoms with van der Waals surface area (Å²) < 4.78 is 0. The van der Waals surface area contributed by atoms with Gasteiger partial charge in [0.1, 0.15) is 0 Å². The minimum absolute atomic E-state index is 0.0227. The largest absolute Gasteiger partial charge is 0.356 e. The van der Waals surface area contributed by atoms with Gasteiger partial charge < -0.3 is 10.6 Å². The molecule has 0 radical (unpaired) electrons. The molecular weight excluding hydrogens is 242 g/mol. The molecule has 0 saturated heterocycles. The smallest absolute Gasteiger partial charge is 0.191 e. The summed E-state index contributed by atoms with van der Waals surface area (Å²) in [5, 5.41) is 8.89. The molecule has 102 valence electrons. The van der Waals surface area contributed by atoms with Crippen LogP contribution in [0.2, 0.25) is 0 Å². The minimum Gasteiger partial charge on any atom is -0.356 e. The first-order valence-electron chi connectivity index (χ1n) is 6.27. The molecule has 0 aliphatic carbocycles. The maximum atomic E-state index is 4.26. The van der Waals surface area contributed by atoms with E-state index >= 15 is 0 Å². The van der Waals surface area contributed by atoms with E-state index in [9.17, 15) is 0 Å². The molecule has 1 heterocycles. The van der Waals surface area contributed by atoms with E-state index in [-0.39, 0.29) is 11.0 Å². The van der Waals surface area contributed by atoms with Crippen LogP contribution in [0.5, 0.6) is 0 Å². The van der Waals surface area contributed by atoms with Crippen LogP contribution < -0.4 is 10.6 Å². The van der Waals surface area contributed by atoms with Gasteiger partial charge in [-0.2, -0.15) is 0 Å². The van der Waals surface area contributed by atoms with Gasteiger partial charge in [-0.15, -0.1) is 11.3 Å². The van der Waals surface area contributed by atoms with Gasteiger partial charge >= 0.3 is 0 Å². The van der Waals surface area contributed by atoms with Crippen LogP contribution in [0, 0.1) is 0 Å². The van der Waals surface area contributed by atoms with E-state index in [2.05, 4.69) is 67.8 Å². The molecule has 0 aliphatic rings. The number of aliphatic imine (C=N–C) groups is 1. The molecule has 0 bridgehead atoms. The average Bonchev–Trinajstić information content (AvgIpc) is 2.76. The van der Waals surface area contributed by atoms with Gasteiger partial charge in [0.25, 0.3) is 0 Å². The average molecular weight is 267 g/mol. The van der Waals surface area contributed by atoms with Crippen LogP contribution in [0.25, 0.3) is 0 Å². The third-order valence-corrected chi connectivity index (χ3v) is 3.84. The van der Waals surface area contributed by atoms with E-state index in [1.807, 2.05) is 0 Å². The van der Waals surface area contributed by atoms with Crippen molar-refractivity contribution >= 4 is 17.3 Å². The second kappa shape index (κ2) is 5.74. The Morgan fingerprint density at radius 3 is 2.39 bits per heavy atom. The molecule has 1 aromatic rings. The first kappa shape index (κ1) is 15.0. The molecular formula is C14H25N3S. The van der Waals surface area contributed by atoms with E-state index in [4.69, 9.17) is 0 Å². The molecule has 0 amide bonds. The molecule has 1 aromatic heterocycles. The molecule has 18 heavy (non-hydrogen) atoms. The van der Waals surface area contributed by atoms with E-state index in [1.165, 1.54) is 4.88 Å². The Hall–Kier alpha value is -1.03. The lowest BCUT2D eigenvalue weighted by molar-refractivity contribution is 0.480. The summed E-state index contributed by atoms with van der Waals surface area (Å²) in [4.78, 5) is 5.65. The fourth-order valence-electron chi connectivity index (χ4n) is 1.59. The van der Waals surface area contributed by atoms with Gasteiger partial charge in [-0.1, -0.05) is 19.9 Å². The highest BCUT2D eigenvalue weighted by Crippen LogP contribution is 2.26. The number of hydrogen-bond acceptors (Lipinski definition) is 2. The monoisotopic (exact) mass is 267 g/mol. The zero-order valence-corrected chi connectivity index (χ0v) is 13.1. The number of hydrogen-bond donors (Lipinski definition) is 2. The van der Waals surface area contributed by atoms with Crippen LogP contribution in [-0.4, -0.2) is 25.1 Å². The van der Waals surface area contributed by atoms with Crippen molar-refractivity contribution in [2.45, 2.75) is 45.6 Å². The molecule has 0 atom stereocenters. The molecule has 1 rings (SSSR count). The number of nitrogens with zero attached hydrogens (tertiary/aromatic N) is 1. The maximum absolute atomic E-state index is 4.26. The summed E-state index contributed by atoms with van der Waals surface area (Å²) in [5.74, 6) is 0.854. The molecule has 4 heteroatoms. The Balaban J connectivity index is 2.59. The Morgan fingerprint density at radius 2 is 1.94 bits per heavy atom. The second-order valence-corrected chi connectivity index (χ2v) is 7.11. The Labute approximate surface area is 115 Å². The normalized spacial score (nSPS) is 13.6. The van der Waals surface area contributed by atoms with Crippen molar-refractivity contribution in [3.63, 3.8) is 0 Å². The number of nitrogens with one attached hydrogen (secondary N) is 2. The van der Waals surface area contributed by atoms with Crippen LogP contribution in [0.15, 0.2) is 22.5 Å². The highest BCUT2D eigenvalue weighted by atomic mass is 32.1. The predicted octanol–water partition coefficient (Wildman–Crippen LogP) is 2.99. The SMILES string of the molecule is CN=C(NCC(C)(C)c1cccs1)NC(C)(C)C. The highest BCUT2D eigenvalue weighted by Gasteiger charge is 2.22. The van der Waals surface area contributed by atoms with Gasteiger partial charge in [0.05, 0.1) is 0 Å². The minimum atomic E-state index is 0.0227. The zero-order valence-electron chi connectivity index (χ0n) is 12.3. The zero-order chi connectivity index (χ0) is 13.8. The van der Waals surface area contributed by atoms with Gasteiger partial charge in [0, 0.05) is 29.4 Å². The van der Waals surface area contributed by atoms with E-state index in [0.29, 0.717) is 0 Å². The second-order valence-electron chi connectivity index (χ2n) is 6.16. The molecule has 0 aromatic carbocycles. The van der Waals surface area contributed by atoms with Gasteiger partial charge in [0.15, 0.2) is 5.96 Å². The lowest BCUT2D eigenvalue weighted by atomic mass is 9.91. The van der Waals surface area contributed by atoms with Crippen LogP contribution >= 0.6 is 11.3 Å². The van der Waals surface area contributed by atoms with E-state index in [0.717, 1.165) is 12.5 Å². The topological polar surface area (TPSA) is 36.4 Å². The third-order valence-electron chi connectivity index (χ3n) is 2.60. The molecule has 0 unspecified atom stereocenters. The molecule has 0 fully saturated rings. The summed E-state index contributed by atoms with van der Waals surface area (Å²) in [6.07, 6.45) is 0. The van der Waals surface area contributed by atoms with Crippen molar-refractivity contribution in [1.82, 2.24) is 10.6 Å². The Morgan fingerprint density at radius 1 is 1.28 bits per heavy atom. The van der Waals surface area contributed by atoms with Crippen molar-refractivity contribution in [2.75, 3.05) is 13.6 Å². The highest BCUT2D eigenvalue weighted by molar-refractivity contribution is 7.10. The summed E-state index contributed by atoms with van der Waals surface area (Å²) >= 11 is 1.80. The first-order valence-corrected chi connectivity index (χ1v) is 7.15. The number of guanidine groups is 1. The lowest BCUT2D eigenvalue weighted by Crippen LogP contribution is -2.50. The number of thiophene rings is 1. The fraction of sp³-hybridized carbons (Fsp3) is 0.643. The Bertz CT molecular complexity index is 386. The van der Waals surface area contributed by atoms with Gasteiger partial charge in [-0.3, -0.25) is 4.99 Å². The summed E-state index contributed by atoms with van der Waals surface area (Å²) in [6.45, 7) is 11.7. The van der Waals surface area contributed by atoms with Crippen molar-refractivity contribution in [2.24, 2.45) is 4.99 Å². The maximum Gasteiger partial charge on any atom is 0.191 e. The molecule has 0 aliphatic heterocycles. The Kier molecular flexibility index (Phi) is 4.79. The standard InChI is InChI=1S/C14H25N3S/c1-13(2,3)17-12(15-6)16-10-14(4,5)11-8-7-9-18-11/h7-9H,10H2,1-6H3,(H2,15,16,17). The van der Waals surface area contributed by atoms with Crippen LogP contribution in [-0.2, 0) is 5.41 Å². The van der Waals surface area contributed by atoms with Crippen LogP contribution in [0.3, 0.4) is 0 Å². The summed E-state index contributed by atoms with van der Waals surface area (Å²) in [6, 6.07) is 4.29. The first-order chi connectivity index (χ1) is 8.24. The van der Waals surface area contributed by atoms with Crippen molar-refractivity contribution in [3.8, 4) is 0 Å². The van der Waals surface area contributed by atoms with Gasteiger partial charge in [-0.25, -0.2) is 0 Å². The summed E-state index contributed by atoms with van der Waals surface area (Å²) in [5.41, 5.74) is 0.137. The van der Waals surface area contributed by atoms with Gasteiger partial charge in [-0.05, 0) is 32.2 Å². The third kappa shape index (κ3) is 4.69. The van der Waals surface area contributed by atoms with Crippen LogP contribution in [0.1, 0.15) is 39.5 Å². The summed E-state index contributed by atoms with van der Waals surface area (Å²) in [7, 11) is 1.80. The quantitative estimate of drug-likeness (QED) is 0.652. The van der Waals surface area contributed by atoms with Crippen molar-refractivity contribution in [3.05, 3.63) is 22.4 Å². The van der Waals surface area contributed by atoms with Gasteiger partial charge in [0.2, 0.25) is 0 Å². The van der Waals surface area contributed by atoms with Crippen molar-refractivity contribution in [1.29, 1.82) is 0 Å². The molecule has 3 nitrogen and oxygen atoms in total. The molecule has 0 spiro atoms. The van der Waals surface area contributed by atoms with Crippen molar-refractivity contribution < 1.29 is 0 Å². The van der Waals surface area contributed by atoms with E-state index < -0.39 is 0 Å². The number of rotatable bonds is 3. The van der Waals surface area contributed by atoms with Crippen LogP contribution in [0.4, 0.5) is 0 Å². The lowest BCUT2D eigenvalue weighted by Gasteiger charge is -2.28. The molecule has 0 saturated carbocycles. The molecule has 2 N–H and O–H groups in total. The predicted molar refractivity (Wildman–Crippen MR) is 81.6 cm³/mol. The fourth-order valence-corrected chi connectivity index (χ4v) is 2.44. The van der Waals surface area contributed by atoms with E-state index in [1.54, 1.807) is 18.4 Å².